The number of rotatable bonds is 7. The fourth-order valence-electron chi connectivity index (χ4n) is 2.50. The fraction of sp³-hybridized carbons (Fsp3) is 1.00. The van der Waals surface area contributed by atoms with E-state index in [1.165, 1.54) is 12.8 Å². The minimum Gasteiger partial charge on any atom is -0.381 e. The second kappa shape index (κ2) is 7.22. The van der Waals surface area contributed by atoms with Gasteiger partial charge in [0.15, 0.2) is 0 Å². The van der Waals surface area contributed by atoms with Crippen molar-refractivity contribution in [2.75, 3.05) is 19.8 Å². The number of ether oxygens (including phenoxy) is 2. The second-order valence-corrected chi connectivity index (χ2v) is 4.47. The molecule has 0 radical (unpaired) electrons. The number of hydrogen-bond acceptors (Lipinski definition) is 4. The highest BCUT2D eigenvalue weighted by molar-refractivity contribution is 4.94. The summed E-state index contributed by atoms with van der Waals surface area (Å²) in [6.45, 7) is 6.55. The molecule has 1 heterocycles. The first-order chi connectivity index (χ1) is 7.79. The van der Waals surface area contributed by atoms with Crippen LogP contribution in [0.4, 0.5) is 0 Å². The van der Waals surface area contributed by atoms with Gasteiger partial charge in [-0.15, -0.1) is 0 Å². The minimum absolute atomic E-state index is 0.114. The molecule has 0 aromatic heterocycles. The molecule has 1 atom stereocenters. The van der Waals surface area contributed by atoms with Gasteiger partial charge in [-0.3, -0.25) is 11.3 Å². The van der Waals surface area contributed by atoms with E-state index in [2.05, 4.69) is 12.3 Å². The van der Waals surface area contributed by atoms with E-state index in [0.717, 1.165) is 39.1 Å². The summed E-state index contributed by atoms with van der Waals surface area (Å²) in [4.78, 5) is 0. The first kappa shape index (κ1) is 13.9. The van der Waals surface area contributed by atoms with Crippen LogP contribution in [0.25, 0.3) is 0 Å². The van der Waals surface area contributed by atoms with Crippen LogP contribution >= 0.6 is 0 Å². The Balaban J connectivity index is 2.63. The van der Waals surface area contributed by atoms with E-state index in [1.54, 1.807) is 0 Å². The van der Waals surface area contributed by atoms with E-state index < -0.39 is 0 Å². The van der Waals surface area contributed by atoms with Crippen LogP contribution in [0.15, 0.2) is 0 Å². The van der Waals surface area contributed by atoms with Crippen molar-refractivity contribution in [3.8, 4) is 0 Å². The van der Waals surface area contributed by atoms with Crippen molar-refractivity contribution >= 4 is 0 Å². The van der Waals surface area contributed by atoms with Crippen molar-refractivity contribution in [3.63, 3.8) is 0 Å². The van der Waals surface area contributed by atoms with Gasteiger partial charge in [-0.1, -0.05) is 19.8 Å². The molecule has 0 aliphatic carbocycles. The third-order valence-corrected chi connectivity index (χ3v) is 3.45. The molecule has 1 saturated heterocycles. The van der Waals surface area contributed by atoms with Crippen molar-refractivity contribution in [1.82, 2.24) is 5.43 Å². The maximum Gasteiger partial charge on any atom is 0.0891 e. The molecular formula is C12H26N2O2. The highest BCUT2D eigenvalue weighted by atomic mass is 16.5. The van der Waals surface area contributed by atoms with E-state index >= 15 is 0 Å². The molecule has 96 valence electrons. The summed E-state index contributed by atoms with van der Waals surface area (Å²) < 4.78 is 11.4. The third-order valence-electron chi connectivity index (χ3n) is 3.45. The smallest absolute Gasteiger partial charge is 0.0891 e. The Morgan fingerprint density at radius 1 is 1.38 bits per heavy atom. The topological polar surface area (TPSA) is 56.5 Å². The molecule has 4 nitrogen and oxygen atoms in total. The highest BCUT2D eigenvalue weighted by Gasteiger charge is 2.40. The van der Waals surface area contributed by atoms with E-state index in [9.17, 15) is 0 Å². The summed E-state index contributed by atoms with van der Waals surface area (Å²) in [5.74, 6) is 5.69. The lowest BCUT2D eigenvalue weighted by molar-refractivity contribution is -0.128. The Morgan fingerprint density at radius 3 is 2.56 bits per heavy atom. The number of hydrazine groups is 1. The molecule has 0 amide bonds. The molecule has 1 aliphatic heterocycles. The predicted octanol–water partition coefficient (Wildman–Crippen LogP) is 1.59. The zero-order valence-corrected chi connectivity index (χ0v) is 10.6. The van der Waals surface area contributed by atoms with Gasteiger partial charge in [0.05, 0.1) is 11.6 Å². The van der Waals surface area contributed by atoms with Gasteiger partial charge in [0.1, 0.15) is 0 Å². The first-order valence-electron chi connectivity index (χ1n) is 6.47. The molecule has 0 aromatic rings. The number of nitrogens with one attached hydrogen (secondary N) is 1. The van der Waals surface area contributed by atoms with Crippen LogP contribution in [0.2, 0.25) is 0 Å². The van der Waals surface area contributed by atoms with Gasteiger partial charge in [-0.2, -0.15) is 0 Å². The molecule has 1 fully saturated rings. The van der Waals surface area contributed by atoms with Crippen LogP contribution in [-0.2, 0) is 9.47 Å². The maximum atomic E-state index is 6.00. The number of hydrogen-bond donors (Lipinski definition) is 2. The zero-order chi connectivity index (χ0) is 11.9. The van der Waals surface area contributed by atoms with E-state index in [0.29, 0.717) is 0 Å². The predicted molar refractivity (Wildman–Crippen MR) is 65.0 cm³/mol. The lowest BCUT2D eigenvalue weighted by Gasteiger charge is -2.42. The molecule has 0 saturated carbocycles. The molecule has 1 rings (SSSR count). The summed E-state index contributed by atoms with van der Waals surface area (Å²) >= 11 is 0. The quantitative estimate of drug-likeness (QED) is 0.515. The van der Waals surface area contributed by atoms with Crippen LogP contribution in [0.1, 0.15) is 46.0 Å². The van der Waals surface area contributed by atoms with Crippen LogP contribution in [0.5, 0.6) is 0 Å². The summed E-state index contributed by atoms with van der Waals surface area (Å²) in [7, 11) is 0. The Morgan fingerprint density at radius 2 is 2.06 bits per heavy atom. The first-order valence-corrected chi connectivity index (χ1v) is 6.47. The molecular weight excluding hydrogens is 204 g/mol. The Kier molecular flexibility index (Phi) is 6.28. The molecule has 0 aromatic carbocycles. The van der Waals surface area contributed by atoms with Gasteiger partial charge >= 0.3 is 0 Å². The van der Waals surface area contributed by atoms with Crippen molar-refractivity contribution in [2.24, 2.45) is 5.84 Å². The van der Waals surface area contributed by atoms with Gasteiger partial charge in [0.2, 0.25) is 0 Å². The van der Waals surface area contributed by atoms with Crippen LogP contribution in [-0.4, -0.2) is 31.5 Å². The lowest BCUT2D eigenvalue weighted by atomic mass is 9.83. The zero-order valence-electron chi connectivity index (χ0n) is 10.6. The van der Waals surface area contributed by atoms with Gasteiger partial charge < -0.3 is 9.47 Å². The summed E-state index contributed by atoms with van der Waals surface area (Å²) in [5.41, 5.74) is 2.84. The van der Waals surface area contributed by atoms with Crippen LogP contribution in [0, 0.1) is 0 Å². The van der Waals surface area contributed by atoms with E-state index in [4.69, 9.17) is 15.3 Å². The number of nitrogens with two attached hydrogens (primary N) is 1. The molecule has 16 heavy (non-hydrogen) atoms. The van der Waals surface area contributed by atoms with Gasteiger partial charge in [0.25, 0.3) is 0 Å². The van der Waals surface area contributed by atoms with Gasteiger partial charge in [0, 0.05) is 32.7 Å². The Hall–Kier alpha value is -0.160. The van der Waals surface area contributed by atoms with Crippen molar-refractivity contribution in [3.05, 3.63) is 0 Å². The molecule has 0 bridgehead atoms. The molecule has 1 aliphatic rings. The maximum absolute atomic E-state index is 6.00. The molecule has 3 N–H and O–H groups in total. The molecule has 4 heteroatoms. The normalized spacial score (nSPS) is 21.9. The standard InChI is InChI=1S/C12H26N2O2/c1-3-5-6-11(14-13)12(16-4-2)7-9-15-10-8-12/h11,14H,3-10,13H2,1-2H3. The SMILES string of the molecule is CCCCC(NN)C1(OCC)CCOCC1. The monoisotopic (exact) mass is 230 g/mol. The van der Waals surface area contributed by atoms with Gasteiger partial charge in [-0.05, 0) is 13.3 Å². The second-order valence-electron chi connectivity index (χ2n) is 4.47. The molecule has 1 unspecified atom stereocenters. The van der Waals surface area contributed by atoms with Crippen LogP contribution in [0.3, 0.4) is 0 Å². The van der Waals surface area contributed by atoms with Crippen molar-refractivity contribution in [2.45, 2.75) is 57.6 Å². The van der Waals surface area contributed by atoms with Gasteiger partial charge in [-0.25, -0.2) is 0 Å². The van der Waals surface area contributed by atoms with Crippen molar-refractivity contribution in [1.29, 1.82) is 0 Å². The average Bonchev–Trinajstić information content (AvgIpc) is 2.31. The summed E-state index contributed by atoms with van der Waals surface area (Å²) in [6, 6.07) is 0.247. The third kappa shape index (κ3) is 3.42. The average molecular weight is 230 g/mol. The summed E-state index contributed by atoms with van der Waals surface area (Å²) in [5, 5.41) is 0. The van der Waals surface area contributed by atoms with Crippen molar-refractivity contribution < 1.29 is 9.47 Å². The Labute approximate surface area is 98.8 Å². The fourth-order valence-corrected chi connectivity index (χ4v) is 2.50. The Bertz CT molecular complexity index is 176. The largest absolute Gasteiger partial charge is 0.381 e. The van der Waals surface area contributed by atoms with E-state index in [-0.39, 0.29) is 11.6 Å². The number of unbranched alkanes of at least 4 members (excludes halogenated alkanes) is 1. The molecule has 0 spiro atoms. The highest BCUT2D eigenvalue weighted by Crippen LogP contribution is 2.31. The minimum atomic E-state index is -0.114. The van der Waals surface area contributed by atoms with Crippen LogP contribution < -0.4 is 11.3 Å². The lowest BCUT2D eigenvalue weighted by Crippen LogP contribution is -2.57. The summed E-state index contributed by atoms with van der Waals surface area (Å²) in [6.07, 6.45) is 5.34. The van der Waals surface area contributed by atoms with E-state index in [1.807, 2.05) is 6.92 Å².